The summed E-state index contributed by atoms with van der Waals surface area (Å²) in [5.41, 5.74) is 5.29. The third kappa shape index (κ3) is 25.4. The highest BCUT2D eigenvalue weighted by Crippen LogP contribution is 2.40. The van der Waals surface area contributed by atoms with Crippen molar-refractivity contribution in [2.24, 2.45) is 0 Å². The summed E-state index contributed by atoms with van der Waals surface area (Å²) < 4.78 is 54.5. The molecule has 5 aromatic rings. The summed E-state index contributed by atoms with van der Waals surface area (Å²) in [6.45, 7) is 4.05. The van der Waals surface area contributed by atoms with Crippen LogP contribution in [0, 0.1) is 0 Å². The van der Waals surface area contributed by atoms with Crippen LogP contribution in [-0.2, 0) is 65.5 Å². The van der Waals surface area contributed by atoms with Crippen LogP contribution in [0.15, 0.2) is 164 Å². The largest absolute Gasteiger partial charge is 0.368 e. The second-order valence-electron chi connectivity index (χ2n) is 20.9. The Morgan fingerprint density at radius 2 is 0.688 bits per heavy atom. The van der Waals surface area contributed by atoms with Gasteiger partial charge < -0.3 is 37.7 Å². The Labute approximate surface area is 467 Å². The van der Waals surface area contributed by atoms with Gasteiger partial charge in [0.15, 0.2) is 0 Å². The lowest BCUT2D eigenvalue weighted by atomic mass is 9.83. The van der Waals surface area contributed by atoms with Gasteiger partial charge in [0.2, 0.25) is 0 Å². The Morgan fingerprint density at radius 1 is 0.403 bits per heavy atom. The highest BCUT2D eigenvalue weighted by atomic mass is 32.2. The molecule has 1 fully saturated rings. The molecular formula is C66H91O9PS. The SMILES string of the molecule is CCCCCCCCC(CCCCCC/C=C\CCCCCCCCP(=O)(O)O)SO[C@@H]1[C@@H](OCc2ccccc2)[C@H](OCc2ccccc2)[C@@H](OCc2ccccc2)[C@H](OCc2ccccc2)[C@@H]1OCc1ccccc1. The van der Waals surface area contributed by atoms with Crippen LogP contribution in [0.3, 0.4) is 0 Å². The molecule has 0 amide bonds. The smallest absolute Gasteiger partial charge is 0.325 e. The lowest BCUT2D eigenvalue weighted by Crippen LogP contribution is -2.67. The molecule has 77 heavy (non-hydrogen) atoms. The molecule has 0 radical (unpaired) electrons. The molecule has 1 aliphatic rings. The first-order valence-corrected chi connectivity index (χ1v) is 31.8. The molecular weight excluding hydrogens is 1000 g/mol. The number of allylic oxidation sites excluding steroid dienone is 2. The molecule has 0 aliphatic heterocycles. The van der Waals surface area contributed by atoms with Crippen molar-refractivity contribution in [1.29, 1.82) is 0 Å². The van der Waals surface area contributed by atoms with Crippen LogP contribution in [0.5, 0.6) is 0 Å². The number of benzene rings is 5. The Bertz CT molecular complexity index is 2190. The molecule has 0 saturated heterocycles. The van der Waals surface area contributed by atoms with E-state index in [1.54, 1.807) is 12.0 Å². The zero-order valence-corrected chi connectivity index (χ0v) is 47.8. The van der Waals surface area contributed by atoms with Gasteiger partial charge in [-0.3, -0.25) is 4.57 Å². The molecule has 1 aliphatic carbocycles. The number of rotatable bonds is 41. The quantitative estimate of drug-likeness (QED) is 0.0170. The zero-order chi connectivity index (χ0) is 53.9. The maximum atomic E-state index is 11.1. The topological polar surface area (TPSA) is 113 Å². The molecule has 0 bridgehead atoms. The van der Waals surface area contributed by atoms with Crippen LogP contribution >= 0.6 is 19.6 Å². The average molecular weight is 1090 g/mol. The number of ether oxygens (including phenoxy) is 5. The van der Waals surface area contributed by atoms with Crippen molar-refractivity contribution in [3.63, 3.8) is 0 Å². The van der Waals surface area contributed by atoms with E-state index >= 15 is 0 Å². The summed E-state index contributed by atoms with van der Waals surface area (Å²) in [6, 6.07) is 51.7. The average Bonchev–Trinajstić information content (AvgIpc) is 3.45. The maximum absolute atomic E-state index is 11.1. The third-order valence-electron chi connectivity index (χ3n) is 14.4. The van der Waals surface area contributed by atoms with Gasteiger partial charge in [0.25, 0.3) is 0 Å². The van der Waals surface area contributed by atoms with Crippen LogP contribution in [-0.4, -0.2) is 57.8 Å². The van der Waals surface area contributed by atoms with Crippen LogP contribution < -0.4 is 0 Å². The van der Waals surface area contributed by atoms with E-state index in [0.717, 1.165) is 79.2 Å². The minimum Gasteiger partial charge on any atom is -0.368 e. The van der Waals surface area contributed by atoms with Gasteiger partial charge in [0.05, 0.1) is 33.0 Å². The molecule has 420 valence electrons. The van der Waals surface area contributed by atoms with E-state index in [2.05, 4.69) is 104 Å². The van der Waals surface area contributed by atoms with Crippen LogP contribution in [0.1, 0.15) is 163 Å². The first-order chi connectivity index (χ1) is 37.9. The fourth-order valence-corrected chi connectivity index (χ4v) is 11.7. The van der Waals surface area contributed by atoms with Gasteiger partial charge in [-0.05, 0) is 84.8 Å². The van der Waals surface area contributed by atoms with Crippen LogP contribution in [0.25, 0.3) is 0 Å². The summed E-state index contributed by atoms with van der Waals surface area (Å²) in [6.07, 6.45) is 23.6. The second kappa shape index (κ2) is 37.9. The lowest BCUT2D eigenvalue weighted by Gasteiger charge is -2.49. The Balaban J connectivity index is 1.22. The second-order valence-corrected chi connectivity index (χ2v) is 23.7. The van der Waals surface area contributed by atoms with E-state index < -0.39 is 44.2 Å². The van der Waals surface area contributed by atoms with Crippen LogP contribution in [0.2, 0.25) is 0 Å². The Kier molecular flexibility index (Phi) is 30.6. The standard InChI is InChI=1S/C66H91O9PS/c1-2-3-4-5-16-34-47-60(48-35-17-14-12-10-8-6-7-9-11-13-15-18-36-49-76(67,68)69)77-75-66-64(73-53-58-43-30-22-31-44-58)62(71-51-56-39-26-20-27-40-56)61(70-50-55-37-24-19-25-38-55)63(72-52-57-41-28-21-29-42-57)65(66)74-54-59-45-32-23-33-46-59/h6,8,19-33,37-46,60-66H,2-5,7,9-18,34-36,47-54H2,1H3,(H2,67,68,69)/b8-6-/t60?,61-,62-,63+,64-,65-,66-/m0/s1. The summed E-state index contributed by atoms with van der Waals surface area (Å²) in [5, 5.41) is 0.288. The van der Waals surface area contributed by atoms with E-state index in [9.17, 15) is 4.57 Å². The molecule has 6 rings (SSSR count). The molecule has 11 heteroatoms. The molecule has 1 saturated carbocycles. The van der Waals surface area contributed by atoms with Crippen molar-refractivity contribution in [1.82, 2.24) is 0 Å². The number of hydrogen-bond acceptors (Lipinski definition) is 8. The lowest BCUT2D eigenvalue weighted by molar-refractivity contribution is -0.277. The van der Waals surface area contributed by atoms with Gasteiger partial charge in [-0.1, -0.05) is 254 Å². The first-order valence-electron chi connectivity index (χ1n) is 29.2. The first kappa shape index (κ1) is 62.3. The Morgan fingerprint density at radius 3 is 1.01 bits per heavy atom. The monoisotopic (exact) mass is 1090 g/mol. The van der Waals surface area contributed by atoms with E-state index in [0.29, 0.717) is 39.5 Å². The predicted octanol–water partition coefficient (Wildman–Crippen LogP) is 16.9. The van der Waals surface area contributed by atoms with Gasteiger partial charge in [0.1, 0.15) is 36.6 Å². The minimum atomic E-state index is -3.86. The molecule has 1 unspecified atom stereocenters. The molecule has 0 spiro atoms. The van der Waals surface area contributed by atoms with Crippen molar-refractivity contribution in [2.45, 2.75) is 210 Å². The van der Waals surface area contributed by atoms with Crippen molar-refractivity contribution in [3.05, 3.63) is 192 Å². The van der Waals surface area contributed by atoms with Crippen LogP contribution in [0.4, 0.5) is 0 Å². The highest BCUT2D eigenvalue weighted by molar-refractivity contribution is 7.95. The van der Waals surface area contributed by atoms with Crippen molar-refractivity contribution in [3.8, 4) is 0 Å². The van der Waals surface area contributed by atoms with E-state index in [4.69, 9.17) is 37.7 Å². The Hall–Kier alpha value is -3.90. The fraction of sp³-hybridized carbons (Fsp3) is 0.515. The normalized spacial score (nSPS) is 19.2. The summed E-state index contributed by atoms with van der Waals surface area (Å²) in [4.78, 5) is 18.1. The van der Waals surface area contributed by atoms with Crippen molar-refractivity contribution in [2.75, 3.05) is 6.16 Å². The van der Waals surface area contributed by atoms with Crippen molar-refractivity contribution < 1.29 is 42.2 Å². The fourth-order valence-electron chi connectivity index (χ4n) is 10.1. The maximum Gasteiger partial charge on any atom is 0.325 e. The molecule has 0 heterocycles. The van der Waals surface area contributed by atoms with E-state index in [1.807, 2.05) is 66.7 Å². The third-order valence-corrected chi connectivity index (χ3v) is 16.4. The van der Waals surface area contributed by atoms with Gasteiger partial charge in [-0.2, -0.15) is 0 Å². The summed E-state index contributed by atoms with van der Waals surface area (Å²) >= 11 is 1.62. The summed E-state index contributed by atoms with van der Waals surface area (Å²) in [7, 11) is -3.86. The predicted molar refractivity (Wildman–Crippen MR) is 315 cm³/mol. The molecule has 0 aromatic heterocycles. The number of unbranched alkanes of at least 4 members (excludes halogenated alkanes) is 15. The van der Waals surface area contributed by atoms with Crippen molar-refractivity contribution >= 4 is 19.6 Å². The molecule has 9 nitrogen and oxygen atoms in total. The highest BCUT2D eigenvalue weighted by Gasteiger charge is 2.55. The van der Waals surface area contributed by atoms with Gasteiger partial charge in [0, 0.05) is 11.4 Å². The van der Waals surface area contributed by atoms with Gasteiger partial charge in [-0.15, -0.1) is 0 Å². The zero-order valence-electron chi connectivity index (χ0n) is 46.1. The van der Waals surface area contributed by atoms with E-state index in [-0.39, 0.29) is 11.4 Å². The van der Waals surface area contributed by atoms with Gasteiger partial charge >= 0.3 is 7.60 Å². The molecule has 5 aromatic carbocycles. The van der Waals surface area contributed by atoms with Gasteiger partial charge in [-0.25, -0.2) is 0 Å². The summed E-state index contributed by atoms with van der Waals surface area (Å²) in [5.74, 6) is 0. The molecule has 7 atom stereocenters. The number of hydrogen-bond donors (Lipinski definition) is 2. The molecule has 2 N–H and O–H groups in total. The van der Waals surface area contributed by atoms with E-state index in [1.165, 1.54) is 70.6 Å². The minimum absolute atomic E-state index is 0.00830.